The second-order valence-electron chi connectivity index (χ2n) is 4.40. The topological polar surface area (TPSA) is 45.1 Å². The molecule has 1 N–H and O–H groups in total. The van der Waals surface area contributed by atoms with E-state index in [9.17, 15) is 0 Å². The van der Waals surface area contributed by atoms with Crippen molar-refractivity contribution in [3.63, 3.8) is 0 Å². The number of H-pyrrole nitrogens is 1. The van der Waals surface area contributed by atoms with E-state index in [1.807, 2.05) is 4.90 Å². The third-order valence-electron chi connectivity index (χ3n) is 2.99. The number of aromatic nitrogens is 2. The maximum absolute atomic E-state index is 5.41. The third-order valence-corrected chi connectivity index (χ3v) is 3.84. The van der Waals surface area contributed by atoms with Crippen LogP contribution in [-0.4, -0.2) is 16.7 Å². The largest absolute Gasteiger partial charge is 0.395 e. The predicted molar refractivity (Wildman–Crippen MR) is 89.1 cm³/mol. The van der Waals surface area contributed by atoms with E-state index < -0.39 is 0 Å². The van der Waals surface area contributed by atoms with Gasteiger partial charge in [0.15, 0.2) is 0 Å². The molecule has 1 aromatic carbocycles. The molecule has 20 heavy (non-hydrogen) atoms. The molecule has 1 aliphatic rings. The highest BCUT2D eigenvalue weighted by molar-refractivity contribution is 14.1. The van der Waals surface area contributed by atoms with Gasteiger partial charge in [-0.1, -0.05) is 24.3 Å². The van der Waals surface area contributed by atoms with Crippen molar-refractivity contribution in [2.45, 2.75) is 6.42 Å². The molecule has 0 spiro atoms. The Kier molecular flexibility index (Phi) is 4.02. The van der Waals surface area contributed by atoms with E-state index in [4.69, 9.17) is 16.6 Å². The fraction of sp³-hybridized carbons (Fsp3) is 0.143. The molecular weight excluding hydrogens is 385 g/mol. The van der Waals surface area contributed by atoms with Gasteiger partial charge in [0.25, 0.3) is 4.84 Å². The van der Waals surface area contributed by atoms with Crippen LogP contribution in [0.5, 0.6) is 0 Å². The Bertz CT molecular complexity index is 732. The van der Waals surface area contributed by atoms with Crippen LogP contribution in [0.4, 0.5) is 6.01 Å². The smallest absolute Gasteiger partial charge is 0.321 e. The standard InChI is InChI=1S/C14H12IN3OS/c15-11-5-3-4-10(8-11)9-12-6-1-2-7-18(12)13-16-17-14(20)19-13/h1-6,8H,7,9H2,(H,17,20). The van der Waals surface area contributed by atoms with Gasteiger partial charge in [-0.3, -0.25) is 4.90 Å². The number of hydrogen-bond donors (Lipinski definition) is 1. The minimum atomic E-state index is 0.295. The Morgan fingerprint density at radius 2 is 2.35 bits per heavy atom. The number of nitrogens with zero attached hydrogens (tertiary/aromatic N) is 2. The molecule has 3 rings (SSSR count). The third kappa shape index (κ3) is 3.01. The molecular formula is C14H12IN3OS. The summed E-state index contributed by atoms with van der Waals surface area (Å²) in [7, 11) is 0. The van der Waals surface area contributed by atoms with Crippen LogP contribution in [0.25, 0.3) is 0 Å². The lowest BCUT2D eigenvalue weighted by atomic mass is 10.1. The number of allylic oxidation sites excluding steroid dienone is 3. The summed E-state index contributed by atoms with van der Waals surface area (Å²) < 4.78 is 6.64. The quantitative estimate of drug-likeness (QED) is 0.632. The van der Waals surface area contributed by atoms with Crippen molar-refractivity contribution in [3.8, 4) is 0 Å². The van der Waals surface area contributed by atoms with Gasteiger partial charge in [-0.2, -0.15) is 0 Å². The molecule has 0 amide bonds. The highest BCUT2D eigenvalue weighted by Crippen LogP contribution is 2.22. The predicted octanol–water partition coefficient (Wildman–Crippen LogP) is 3.84. The minimum Gasteiger partial charge on any atom is -0.395 e. The number of halogens is 1. The molecule has 2 heterocycles. The highest BCUT2D eigenvalue weighted by atomic mass is 127. The molecule has 0 aliphatic carbocycles. The van der Waals surface area contributed by atoms with Crippen molar-refractivity contribution < 1.29 is 4.42 Å². The van der Waals surface area contributed by atoms with Crippen molar-refractivity contribution >= 4 is 40.8 Å². The van der Waals surface area contributed by atoms with E-state index in [0.29, 0.717) is 10.9 Å². The molecule has 6 heteroatoms. The van der Waals surface area contributed by atoms with Gasteiger partial charge in [-0.25, -0.2) is 5.10 Å². The lowest BCUT2D eigenvalue weighted by molar-refractivity contribution is 0.531. The number of anilines is 1. The first-order valence-electron chi connectivity index (χ1n) is 6.15. The molecule has 1 aliphatic heterocycles. The van der Waals surface area contributed by atoms with E-state index in [1.54, 1.807) is 0 Å². The van der Waals surface area contributed by atoms with Crippen molar-refractivity contribution in [3.05, 3.63) is 62.2 Å². The first-order valence-corrected chi connectivity index (χ1v) is 7.64. The highest BCUT2D eigenvalue weighted by Gasteiger charge is 2.17. The second-order valence-corrected chi connectivity index (χ2v) is 6.02. The van der Waals surface area contributed by atoms with E-state index in [-0.39, 0.29) is 0 Å². The van der Waals surface area contributed by atoms with Gasteiger partial charge in [0.05, 0.1) is 0 Å². The van der Waals surface area contributed by atoms with Crippen LogP contribution in [0.1, 0.15) is 5.56 Å². The van der Waals surface area contributed by atoms with E-state index in [0.717, 1.165) is 18.7 Å². The van der Waals surface area contributed by atoms with Crippen LogP contribution in [-0.2, 0) is 6.42 Å². The lowest BCUT2D eigenvalue weighted by Crippen LogP contribution is -2.26. The molecule has 102 valence electrons. The molecule has 2 aromatic rings. The van der Waals surface area contributed by atoms with Crippen LogP contribution in [0.3, 0.4) is 0 Å². The molecule has 0 bridgehead atoms. The van der Waals surface area contributed by atoms with Crippen molar-refractivity contribution in [2.24, 2.45) is 0 Å². The zero-order chi connectivity index (χ0) is 13.9. The molecule has 0 unspecified atom stereocenters. The molecule has 0 fully saturated rings. The summed E-state index contributed by atoms with van der Waals surface area (Å²) in [5.41, 5.74) is 2.40. The Balaban J connectivity index is 1.87. The first kappa shape index (κ1) is 13.6. The van der Waals surface area contributed by atoms with Gasteiger partial charge < -0.3 is 4.42 Å². The number of rotatable bonds is 3. The molecule has 0 saturated carbocycles. The summed E-state index contributed by atoms with van der Waals surface area (Å²) >= 11 is 7.26. The van der Waals surface area contributed by atoms with Crippen molar-refractivity contribution in [2.75, 3.05) is 11.4 Å². The lowest BCUT2D eigenvalue weighted by Gasteiger charge is -2.24. The molecule has 4 nitrogen and oxygen atoms in total. The van der Waals surface area contributed by atoms with Crippen molar-refractivity contribution in [1.82, 2.24) is 10.2 Å². The fourth-order valence-corrected chi connectivity index (χ4v) is 2.83. The summed E-state index contributed by atoms with van der Waals surface area (Å²) in [6.07, 6.45) is 7.03. The van der Waals surface area contributed by atoms with Gasteiger partial charge >= 0.3 is 6.01 Å². The maximum atomic E-state index is 5.41. The van der Waals surface area contributed by atoms with Crippen LogP contribution in [0, 0.1) is 8.41 Å². The second kappa shape index (κ2) is 5.92. The summed E-state index contributed by atoms with van der Waals surface area (Å²) in [6, 6.07) is 8.97. The van der Waals surface area contributed by atoms with E-state index >= 15 is 0 Å². The summed E-state index contributed by atoms with van der Waals surface area (Å²) in [5.74, 6) is 0. The van der Waals surface area contributed by atoms with Gasteiger partial charge in [0.1, 0.15) is 0 Å². The van der Waals surface area contributed by atoms with Crippen LogP contribution < -0.4 is 4.90 Å². The minimum absolute atomic E-state index is 0.295. The molecule has 1 aromatic heterocycles. The Morgan fingerprint density at radius 1 is 1.45 bits per heavy atom. The van der Waals surface area contributed by atoms with Crippen LogP contribution >= 0.6 is 34.8 Å². The van der Waals surface area contributed by atoms with E-state index in [2.05, 4.69) is 75.3 Å². The average Bonchev–Trinajstić information content (AvgIpc) is 2.86. The number of nitrogens with one attached hydrogen (secondary N) is 1. The fourth-order valence-electron chi connectivity index (χ4n) is 2.10. The molecule has 0 radical (unpaired) electrons. The zero-order valence-electron chi connectivity index (χ0n) is 10.5. The Morgan fingerprint density at radius 3 is 3.10 bits per heavy atom. The summed E-state index contributed by atoms with van der Waals surface area (Å²) in [5, 5.41) is 6.77. The normalized spacial score (nSPS) is 14.4. The van der Waals surface area contributed by atoms with Gasteiger partial charge in [-0.15, -0.1) is 5.10 Å². The van der Waals surface area contributed by atoms with Gasteiger partial charge in [0.2, 0.25) is 0 Å². The average molecular weight is 397 g/mol. The molecule has 0 saturated heterocycles. The molecule has 0 atom stereocenters. The zero-order valence-corrected chi connectivity index (χ0v) is 13.5. The number of aromatic amines is 1. The maximum Gasteiger partial charge on any atom is 0.321 e. The van der Waals surface area contributed by atoms with E-state index in [1.165, 1.54) is 9.13 Å². The number of hydrogen-bond acceptors (Lipinski definition) is 4. The summed E-state index contributed by atoms with van der Waals surface area (Å²) in [4.78, 5) is 2.31. The van der Waals surface area contributed by atoms with Gasteiger partial charge in [0, 0.05) is 22.2 Å². The van der Waals surface area contributed by atoms with Gasteiger partial charge in [-0.05, 0) is 58.6 Å². The SMILES string of the molecule is S=c1[nH]nc(N2CC=CC=C2Cc2cccc(I)c2)o1. The van der Waals surface area contributed by atoms with Crippen LogP contribution in [0.15, 0.2) is 52.6 Å². The Labute approximate surface area is 135 Å². The monoisotopic (exact) mass is 397 g/mol. The van der Waals surface area contributed by atoms with Crippen molar-refractivity contribution in [1.29, 1.82) is 0 Å². The number of benzene rings is 1. The summed E-state index contributed by atoms with van der Waals surface area (Å²) in [6.45, 7) is 0.735. The first-order chi connectivity index (χ1) is 9.72. The Hall–Kier alpha value is -1.41. The van der Waals surface area contributed by atoms with Crippen LogP contribution in [0.2, 0.25) is 0 Å².